The molecule has 0 aliphatic carbocycles. The van der Waals surface area contributed by atoms with E-state index in [4.69, 9.17) is 5.11 Å². The summed E-state index contributed by atoms with van der Waals surface area (Å²) >= 11 is 3.39. The van der Waals surface area contributed by atoms with Crippen molar-refractivity contribution in [3.63, 3.8) is 0 Å². The molecule has 104 valence electrons. The zero-order valence-electron chi connectivity index (χ0n) is 10.9. The number of rotatable bonds is 4. The van der Waals surface area contributed by atoms with E-state index in [0.29, 0.717) is 13.0 Å². The van der Waals surface area contributed by atoms with Gasteiger partial charge in [-0.3, -0.25) is 9.69 Å². The number of carbonyl (C=O) groups excluding carboxylic acids is 1. The lowest BCUT2D eigenvalue weighted by Crippen LogP contribution is -2.49. The van der Waals surface area contributed by atoms with Crippen molar-refractivity contribution in [3.8, 4) is 0 Å². The van der Waals surface area contributed by atoms with Crippen molar-refractivity contribution < 1.29 is 9.90 Å². The maximum Gasteiger partial charge on any atom is 0.227 e. The van der Waals surface area contributed by atoms with Crippen LogP contribution in [0.25, 0.3) is 0 Å². The van der Waals surface area contributed by atoms with Gasteiger partial charge in [0.15, 0.2) is 0 Å². The van der Waals surface area contributed by atoms with Crippen LogP contribution in [0, 0.1) is 0 Å². The predicted molar refractivity (Wildman–Crippen MR) is 78.0 cm³/mol. The molecule has 0 aromatic heterocycles. The molecule has 1 amide bonds. The van der Waals surface area contributed by atoms with Gasteiger partial charge in [-0.2, -0.15) is 0 Å². The number of nitrogens with zero attached hydrogens (tertiary/aromatic N) is 2. The number of aliphatic hydroxyl groups excluding tert-OH is 1. The van der Waals surface area contributed by atoms with E-state index in [1.165, 1.54) is 0 Å². The molecular weight excluding hydrogens is 308 g/mol. The number of aliphatic hydroxyl groups is 1. The minimum atomic E-state index is 0.186. The molecule has 0 saturated carbocycles. The summed E-state index contributed by atoms with van der Waals surface area (Å²) in [7, 11) is 0. The Morgan fingerprint density at radius 1 is 1.16 bits per heavy atom. The third kappa shape index (κ3) is 4.30. The third-order valence-electron chi connectivity index (χ3n) is 3.41. The maximum absolute atomic E-state index is 12.2. The van der Waals surface area contributed by atoms with Crippen molar-refractivity contribution in [1.29, 1.82) is 0 Å². The Morgan fingerprint density at radius 3 is 2.37 bits per heavy atom. The minimum Gasteiger partial charge on any atom is -0.395 e. The van der Waals surface area contributed by atoms with E-state index in [1.54, 1.807) is 0 Å². The van der Waals surface area contributed by atoms with Crippen LogP contribution in [0.15, 0.2) is 28.7 Å². The summed E-state index contributed by atoms with van der Waals surface area (Å²) in [6, 6.07) is 7.87. The Balaban J connectivity index is 1.83. The van der Waals surface area contributed by atoms with Gasteiger partial charge in [-0.15, -0.1) is 0 Å². The molecule has 4 nitrogen and oxygen atoms in total. The molecule has 0 atom stereocenters. The molecule has 1 heterocycles. The Kier molecular flexibility index (Phi) is 5.36. The molecule has 1 aliphatic rings. The van der Waals surface area contributed by atoms with Crippen molar-refractivity contribution in [1.82, 2.24) is 9.80 Å². The lowest BCUT2D eigenvalue weighted by molar-refractivity contribution is -0.132. The average molecular weight is 327 g/mol. The number of β-amino-alcohol motifs (C(OH)–C–C–N with tert-alkyl or cyclic N) is 1. The van der Waals surface area contributed by atoms with Crippen molar-refractivity contribution in [2.24, 2.45) is 0 Å². The van der Waals surface area contributed by atoms with Gasteiger partial charge in [-0.1, -0.05) is 28.1 Å². The minimum absolute atomic E-state index is 0.186. The van der Waals surface area contributed by atoms with Gasteiger partial charge >= 0.3 is 0 Å². The molecule has 1 fully saturated rings. The lowest BCUT2D eigenvalue weighted by atomic mass is 10.1. The zero-order chi connectivity index (χ0) is 13.7. The number of amides is 1. The molecule has 0 bridgehead atoms. The molecule has 1 aromatic rings. The molecule has 2 rings (SSSR count). The number of hydrogen-bond donors (Lipinski definition) is 1. The Hall–Kier alpha value is -0.910. The standard InChI is InChI=1S/C14H19BrN2O2/c15-13-3-1-12(2-4-13)11-14(19)17-7-5-16(6-8-17)9-10-18/h1-4,18H,5-11H2. The van der Waals surface area contributed by atoms with Crippen LogP contribution in [-0.4, -0.2) is 60.1 Å². The summed E-state index contributed by atoms with van der Waals surface area (Å²) in [6.07, 6.45) is 0.466. The molecule has 1 aromatic carbocycles. The fourth-order valence-corrected chi connectivity index (χ4v) is 2.52. The van der Waals surface area contributed by atoms with Gasteiger partial charge in [0, 0.05) is 37.2 Å². The van der Waals surface area contributed by atoms with Gasteiger partial charge in [-0.05, 0) is 17.7 Å². The second-order valence-electron chi connectivity index (χ2n) is 4.75. The predicted octanol–water partition coefficient (Wildman–Crippen LogP) is 1.13. The third-order valence-corrected chi connectivity index (χ3v) is 3.94. The highest BCUT2D eigenvalue weighted by Gasteiger charge is 2.20. The van der Waals surface area contributed by atoms with Crippen LogP contribution < -0.4 is 0 Å². The molecule has 5 heteroatoms. The first-order valence-corrected chi connectivity index (χ1v) is 7.34. The summed E-state index contributed by atoms with van der Waals surface area (Å²) in [4.78, 5) is 16.3. The lowest BCUT2D eigenvalue weighted by Gasteiger charge is -2.34. The number of halogens is 1. The van der Waals surface area contributed by atoms with Crippen LogP contribution in [0.2, 0.25) is 0 Å². The van der Waals surface area contributed by atoms with Crippen LogP contribution >= 0.6 is 15.9 Å². The van der Waals surface area contributed by atoms with E-state index in [-0.39, 0.29) is 12.5 Å². The number of piperazine rings is 1. The molecular formula is C14H19BrN2O2. The van der Waals surface area contributed by atoms with Gasteiger partial charge in [0.05, 0.1) is 13.0 Å². The van der Waals surface area contributed by atoms with Crippen molar-refractivity contribution in [2.45, 2.75) is 6.42 Å². The van der Waals surface area contributed by atoms with Crippen LogP contribution in [0.3, 0.4) is 0 Å². The Bertz CT molecular complexity index is 414. The molecule has 0 unspecified atom stereocenters. The molecule has 19 heavy (non-hydrogen) atoms. The molecule has 0 radical (unpaired) electrons. The van der Waals surface area contributed by atoms with Crippen LogP contribution in [0.1, 0.15) is 5.56 Å². The largest absolute Gasteiger partial charge is 0.395 e. The molecule has 1 saturated heterocycles. The first-order chi connectivity index (χ1) is 9.19. The van der Waals surface area contributed by atoms with Crippen molar-refractivity contribution in [2.75, 3.05) is 39.3 Å². The average Bonchev–Trinajstić information content (AvgIpc) is 2.42. The summed E-state index contributed by atoms with van der Waals surface area (Å²) in [5.74, 6) is 0.186. The summed E-state index contributed by atoms with van der Waals surface area (Å²) in [6.45, 7) is 4.12. The normalized spacial score (nSPS) is 16.6. The van der Waals surface area contributed by atoms with Gasteiger partial charge in [0.2, 0.25) is 5.91 Å². The quantitative estimate of drug-likeness (QED) is 0.902. The van der Waals surface area contributed by atoms with Gasteiger partial charge in [0.25, 0.3) is 0 Å². The molecule has 1 N–H and O–H groups in total. The first-order valence-electron chi connectivity index (χ1n) is 6.54. The highest BCUT2D eigenvalue weighted by atomic mass is 79.9. The highest BCUT2D eigenvalue weighted by Crippen LogP contribution is 2.12. The zero-order valence-corrected chi connectivity index (χ0v) is 12.5. The van der Waals surface area contributed by atoms with Crippen LogP contribution in [0.5, 0.6) is 0 Å². The Labute approximate surface area is 122 Å². The van der Waals surface area contributed by atoms with E-state index in [1.807, 2.05) is 29.2 Å². The van der Waals surface area contributed by atoms with Crippen LogP contribution in [0.4, 0.5) is 0 Å². The van der Waals surface area contributed by atoms with E-state index in [2.05, 4.69) is 20.8 Å². The van der Waals surface area contributed by atoms with Crippen molar-refractivity contribution >= 4 is 21.8 Å². The highest BCUT2D eigenvalue weighted by molar-refractivity contribution is 9.10. The second-order valence-corrected chi connectivity index (χ2v) is 5.66. The van der Waals surface area contributed by atoms with Gasteiger partial charge < -0.3 is 10.0 Å². The fourth-order valence-electron chi connectivity index (χ4n) is 2.25. The van der Waals surface area contributed by atoms with E-state index >= 15 is 0 Å². The monoisotopic (exact) mass is 326 g/mol. The summed E-state index contributed by atoms with van der Waals surface area (Å²) < 4.78 is 1.03. The summed E-state index contributed by atoms with van der Waals surface area (Å²) in [5.41, 5.74) is 1.05. The number of hydrogen-bond acceptors (Lipinski definition) is 3. The summed E-state index contributed by atoms with van der Waals surface area (Å²) in [5, 5.41) is 8.88. The first kappa shape index (κ1) is 14.5. The van der Waals surface area contributed by atoms with E-state index in [0.717, 1.165) is 36.2 Å². The fraction of sp³-hybridized carbons (Fsp3) is 0.500. The number of benzene rings is 1. The molecule has 0 spiro atoms. The second kappa shape index (κ2) is 7.03. The van der Waals surface area contributed by atoms with Crippen molar-refractivity contribution in [3.05, 3.63) is 34.3 Å². The smallest absolute Gasteiger partial charge is 0.227 e. The van der Waals surface area contributed by atoms with Gasteiger partial charge in [-0.25, -0.2) is 0 Å². The Morgan fingerprint density at radius 2 is 1.79 bits per heavy atom. The van der Waals surface area contributed by atoms with Crippen LogP contribution in [-0.2, 0) is 11.2 Å². The van der Waals surface area contributed by atoms with E-state index in [9.17, 15) is 4.79 Å². The topological polar surface area (TPSA) is 43.8 Å². The number of carbonyl (C=O) groups is 1. The maximum atomic E-state index is 12.2. The molecule has 1 aliphatic heterocycles. The van der Waals surface area contributed by atoms with E-state index < -0.39 is 0 Å². The SMILES string of the molecule is O=C(Cc1ccc(Br)cc1)N1CCN(CCO)CC1. The van der Waals surface area contributed by atoms with Gasteiger partial charge in [0.1, 0.15) is 0 Å².